The van der Waals surface area contributed by atoms with E-state index in [-0.39, 0.29) is 28.0 Å². The van der Waals surface area contributed by atoms with Gasteiger partial charge in [0.2, 0.25) is 0 Å². The topological polar surface area (TPSA) is 105 Å². The number of carbonyl (C=O) groups excluding carboxylic acids is 3. The number of phenolic OH excluding ortho intramolecular Hbond substituents is 1. The number of nitrogens with one attached hydrogen (secondary N) is 1. The minimum Gasteiger partial charge on any atom is -0.507 e. The smallest absolute Gasteiger partial charge is 0.293 e. The van der Waals surface area contributed by atoms with Gasteiger partial charge in [0.05, 0.1) is 31.2 Å². The van der Waals surface area contributed by atoms with Crippen molar-refractivity contribution < 1.29 is 29.0 Å². The Labute approximate surface area is 241 Å². The lowest BCUT2D eigenvalue weighted by atomic mass is 10.0. The zero-order valence-electron chi connectivity index (χ0n) is 22.3. The average Bonchev–Trinajstić information content (AvgIpc) is 3.25. The molecule has 0 spiro atoms. The number of benzene rings is 4. The molecule has 3 amide bonds. The van der Waals surface area contributed by atoms with Crippen LogP contribution in [0.5, 0.6) is 17.2 Å². The quantitative estimate of drug-likeness (QED) is 0.233. The maximum atomic E-state index is 13.1. The Morgan fingerprint density at radius 3 is 2.29 bits per heavy atom. The van der Waals surface area contributed by atoms with Crippen molar-refractivity contribution in [2.45, 2.75) is 6.54 Å². The molecule has 9 heteroatoms. The molecule has 0 atom stereocenters. The molecule has 1 aliphatic rings. The van der Waals surface area contributed by atoms with Gasteiger partial charge in [-0.25, -0.2) is 0 Å². The van der Waals surface area contributed by atoms with Crippen LogP contribution in [-0.4, -0.2) is 41.3 Å². The molecule has 4 aromatic carbocycles. The predicted molar refractivity (Wildman–Crippen MR) is 159 cm³/mol. The highest BCUT2D eigenvalue weighted by molar-refractivity contribution is 8.18. The number of hydrogen-bond donors (Lipinski definition) is 2. The Kier molecular flexibility index (Phi) is 8.07. The highest BCUT2D eigenvalue weighted by Crippen LogP contribution is 2.35. The third-order valence-electron chi connectivity index (χ3n) is 6.48. The van der Waals surface area contributed by atoms with Gasteiger partial charge in [-0.1, -0.05) is 60.7 Å². The Hall–Kier alpha value is -5.02. The molecule has 0 saturated carbocycles. The van der Waals surface area contributed by atoms with Crippen LogP contribution in [0.2, 0.25) is 0 Å². The van der Waals surface area contributed by atoms with Gasteiger partial charge in [0.25, 0.3) is 17.1 Å². The summed E-state index contributed by atoms with van der Waals surface area (Å²) in [6.07, 6.45) is 1.54. The second-order valence-corrected chi connectivity index (χ2v) is 10.1. The monoisotopic (exact) mass is 566 g/mol. The maximum absolute atomic E-state index is 13.1. The first-order chi connectivity index (χ1) is 19.9. The van der Waals surface area contributed by atoms with E-state index in [1.54, 1.807) is 24.3 Å². The van der Waals surface area contributed by atoms with E-state index in [0.29, 0.717) is 22.7 Å². The van der Waals surface area contributed by atoms with E-state index in [4.69, 9.17) is 9.47 Å². The minimum atomic E-state index is -0.558. The number of amides is 3. The number of aromatic hydroxyl groups is 1. The molecular weight excluding hydrogens is 540 g/mol. The lowest BCUT2D eigenvalue weighted by molar-refractivity contribution is -0.123. The highest BCUT2D eigenvalue weighted by atomic mass is 32.2. The second-order valence-electron chi connectivity index (χ2n) is 9.13. The number of methoxy groups -OCH3 is 2. The molecule has 41 heavy (non-hydrogen) atoms. The third-order valence-corrected chi connectivity index (χ3v) is 7.39. The van der Waals surface area contributed by atoms with Gasteiger partial charge in [-0.15, -0.1) is 0 Å². The Balaban J connectivity index is 1.30. The number of rotatable bonds is 8. The van der Waals surface area contributed by atoms with Crippen LogP contribution < -0.4 is 14.8 Å². The van der Waals surface area contributed by atoms with Crippen LogP contribution >= 0.6 is 11.8 Å². The lowest BCUT2D eigenvalue weighted by Crippen LogP contribution is -2.27. The predicted octanol–water partition coefficient (Wildman–Crippen LogP) is 6.57. The summed E-state index contributed by atoms with van der Waals surface area (Å²) in [5.74, 6) is -0.264. The number of hydrogen-bond acceptors (Lipinski definition) is 7. The molecule has 2 N–H and O–H groups in total. The van der Waals surface area contributed by atoms with Gasteiger partial charge < -0.3 is 19.9 Å². The fourth-order valence-electron chi connectivity index (χ4n) is 4.34. The van der Waals surface area contributed by atoms with Crippen LogP contribution in [-0.2, 0) is 11.3 Å². The first kappa shape index (κ1) is 27.5. The number of phenols is 1. The third kappa shape index (κ3) is 6.10. The van der Waals surface area contributed by atoms with E-state index in [1.807, 2.05) is 54.6 Å². The van der Waals surface area contributed by atoms with Crippen LogP contribution in [0.25, 0.3) is 17.2 Å². The minimum absolute atomic E-state index is 0.00580. The van der Waals surface area contributed by atoms with Crippen molar-refractivity contribution in [2.75, 3.05) is 19.5 Å². The summed E-state index contributed by atoms with van der Waals surface area (Å²) < 4.78 is 10.5. The van der Waals surface area contributed by atoms with E-state index in [1.165, 1.54) is 37.3 Å². The summed E-state index contributed by atoms with van der Waals surface area (Å²) >= 11 is 0.834. The summed E-state index contributed by atoms with van der Waals surface area (Å²) in [5, 5.41) is 12.7. The fourth-order valence-corrected chi connectivity index (χ4v) is 5.18. The second kappa shape index (κ2) is 12.0. The number of nitrogens with zero attached hydrogens (tertiary/aromatic N) is 1. The zero-order valence-corrected chi connectivity index (χ0v) is 23.1. The van der Waals surface area contributed by atoms with Crippen molar-refractivity contribution in [3.63, 3.8) is 0 Å². The van der Waals surface area contributed by atoms with Crippen molar-refractivity contribution in [3.05, 3.63) is 113 Å². The van der Waals surface area contributed by atoms with Gasteiger partial charge in [0, 0.05) is 11.8 Å². The Bertz CT molecular complexity index is 1650. The molecule has 1 aliphatic heterocycles. The molecule has 0 aromatic heterocycles. The van der Waals surface area contributed by atoms with Crippen LogP contribution in [0.3, 0.4) is 0 Å². The fraction of sp³-hybridized carbons (Fsp3) is 0.0938. The molecule has 1 fully saturated rings. The molecule has 8 nitrogen and oxygen atoms in total. The van der Waals surface area contributed by atoms with Crippen LogP contribution in [0.4, 0.5) is 10.5 Å². The molecule has 1 saturated heterocycles. The van der Waals surface area contributed by atoms with E-state index in [2.05, 4.69) is 5.32 Å². The number of imide groups is 1. The number of ether oxygens (including phenoxy) is 2. The van der Waals surface area contributed by atoms with E-state index < -0.39 is 11.8 Å². The number of carbonyl (C=O) groups is 3. The molecule has 5 rings (SSSR count). The van der Waals surface area contributed by atoms with Gasteiger partial charge >= 0.3 is 0 Å². The SMILES string of the molecule is COc1ccc(NC(=O)c2cc(/C=C3/SC(=O)N(Cc4ccc(-c5ccccc5)cc4)C3=O)ccc2O)cc1OC. The molecular formula is C32H26N2O6S. The highest BCUT2D eigenvalue weighted by Gasteiger charge is 2.35. The van der Waals surface area contributed by atoms with Gasteiger partial charge in [-0.05, 0) is 64.4 Å². The largest absolute Gasteiger partial charge is 0.507 e. The van der Waals surface area contributed by atoms with Crippen LogP contribution in [0, 0.1) is 0 Å². The van der Waals surface area contributed by atoms with Crippen molar-refractivity contribution in [2.24, 2.45) is 0 Å². The number of anilines is 1. The normalized spacial score (nSPS) is 13.9. The summed E-state index contributed by atoms with van der Waals surface area (Å²) in [4.78, 5) is 40.2. The molecule has 0 radical (unpaired) electrons. The van der Waals surface area contributed by atoms with Gasteiger partial charge in [0.15, 0.2) is 11.5 Å². The summed E-state index contributed by atoms with van der Waals surface area (Å²) in [6.45, 7) is 0.144. The first-order valence-electron chi connectivity index (χ1n) is 12.6. The van der Waals surface area contributed by atoms with Crippen molar-refractivity contribution >= 4 is 40.6 Å². The van der Waals surface area contributed by atoms with Gasteiger partial charge in [-0.2, -0.15) is 0 Å². The summed E-state index contributed by atoms with van der Waals surface area (Å²) in [5.41, 5.74) is 3.88. The Morgan fingerprint density at radius 1 is 0.878 bits per heavy atom. The average molecular weight is 567 g/mol. The Morgan fingerprint density at radius 2 is 1.59 bits per heavy atom. The summed E-state index contributed by atoms with van der Waals surface area (Å²) in [6, 6.07) is 27.0. The van der Waals surface area contributed by atoms with E-state index in [9.17, 15) is 19.5 Å². The van der Waals surface area contributed by atoms with Crippen LogP contribution in [0.15, 0.2) is 95.9 Å². The molecule has 1 heterocycles. The molecule has 0 aliphatic carbocycles. The van der Waals surface area contributed by atoms with E-state index in [0.717, 1.165) is 28.5 Å². The zero-order chi connectivity index (χ0) is 28.9. The maximum Gasteiger partial charge on any atom is 0.293 e. The molecule has 0 unspecified atom stereocenters. The van der Waals surface area contributed by atoms with Crippen molar-refractivity contribution in [1.29, 1.82) is 0 Å². The molecule has 0 bridgehead atoms. The molecule has 206 valence electrons. The van der Waals surface area contributed by atoms with Crippen molar-refractivity contribution in [1.82, 2.24) is 4.90 Å². The standard InChI is InChI=1S/C32H26N2O6S/c1-39-27-15-13-24(18-28(27)40-2)33-30(36)25-16-21(10-14-26(25)35)17-29-31(37)34(32(38)41-29)19-20-8-11-23(12-9-20)22-6-4-3-5-7-22/h3-18,35H,19H2,1-2H3,(H,33,36)/b29-17+. The molecule has 4 aromatic rings. The summed E-state index contributed by atoms with van der Waals surface area (Å²) in [7, 11) is 3.00. The van der Waals surface area contributed by atoms with Gasteiger partial charge in [-0.3, -0.25) is 19.3 Å². The van der Waals surface area contributed by atoms with Crippen molar-refractivity contribution in [3.8, 4) is 28.4 Å². The van der Waals surface area contributed by atoms with Gasteiger partial charge in [0.1, 0.15) is 5.75 Å². The van der Waals surface area contributed by atoms with E-state index >= 15 is 0 Å². The number of thioether (sulfide) groups is 1. The lowest BCUT2D eigenvalue weighted by Gasteiger charge is -2.13. The first-order valence-corrected chi connectivity index (χ1v) is 13.4. The van der Waals surface area contributed by atoms with Crippen LogP contribution in [0.1, 0.15) is 21.5 Å².